The van der Waals surface area contributed by atoms with E-state index in [1.165, 1.54) is 11.1 Å². The SMILES string of the molecule is CN=C(NCc1ccc(OCCOC)cc1)NC(C)CCc1ccccc1.I. The zero-order valence-corrected chi connectivity index (χ0v) is 19.3. The Balaban J connectivity index is 0.00000392. The second-order valence-electron chi connectivity index (χ2n) is 6.48. The Bertz CT molecular complexity index is 678. The van der Waals surface area contributed by atoms with Crippen molar-refractivity contribution in [2.45, 2.75) is 32.4 Å². The maximum absolute atomic E-state index is 5.58. The number of ether oxygens (including phenoxy) is 2. The molecule has 0 fully saturated rings. The van der Waals surface area contributed by atoms with Gasteiger partial charge in [0.25, 0.3) is 0 Å². The van der Waals surface area contributed by atoms with Gasteiger partial charge in [-0.2, -0.15) is 0 Å². The van der Waals surface area contributed by atoms with Crippen LogP contribution in [0.4, 0.5) is 0 Å². The van der Waals surface area contributed by atoms with E-state index >= 15 is 0 Å². The summed E-state index contributed by atoms with van der Waals surface area (Å²) in [5.41, 5.74) is 2.54. The van der Waals surface area contributed by atoms with Gasteiger partial charge in [0, 0.05) is 26.7 Å². The van der Waals surface area contributed by atoms with Crippen molar-refractivity contribution < 1.29 is 9.47 Å². The summed E-state index contributed by atoms with van der Waals surface area (Å²) in [4.78, 5) is 4.32. The molecular weight excluding hydrogens is 465 g/mol. The number of rotatable bonds is 10. The third kappa shape index (κ3) is 9.41. The molecule has 1 unspecified atom stereocenters. The van der Waals surface area contributed by atoms with E-state index < -0.39 is 0 Å². The Kier molecular flexibility index (Phi) is 12.3. The molecule has 0 aliphatic rings. The minimum Gasteiger partial charge on any atom is -0.491 e. The third-order valence-electron chi connectivity index (χ3n) is 4.26. The number of hydrogen-bond donors (Lipinski definition) is 2. The van der Waals surface area contributed by atoms with Crippen LogP contribution in [0, 0.1) is 0 Å². The topological polar surface area (TPSA) is 54.9 Å². The smallest absolute Gasteiger partial charge is 0.191 e. The molecule has 154 valence electrons. The van der Waals surface area contributed by atoms with Gasteiger partial charge in [-0.05, 0) is 43.0 Å². The van der Waals surface area contributed by atoms with E-state index in [0.29, 0.717) is 25.8 Å². The Hall–Kier alpha value is -1.80. The summed E-state index contributed by atoms with van der Waals surface area (Å²) >= 11 is 0. The predicted molar refractivity (Wildman–Crippen MR) is 127 cm³/mol. The van der Waals surface area contributed by atoms with Crippen LogP contribution in [0.5, 0.6) is 5.75 Å². The summed E-state index contributed by atoms with van der Waals surface area (Å²) in [7, 11) is 3.47. The van der Waals surface area contributed by atoms with Gasteiger partial charge in [0.15, 0.2) is 5.96 Å². The number of aryl methyl sites for hydroxylation is 1. The molecule has 28 heavy (non-hydrogen) atoms. The molecule has 0 bridgehead atoms. The molecule has 0 aliphatic heterocycles. The van der Waals surface area contributed by atoms with Crippen LogP contribution in [0.3, 0.4) is 0 Å². The number of aliphatic imine (C=N–C) groups is 1. The standard InChI is InChI=1S/C22H31N3O2.HI/c1-18(9-10-19-7-5-4-6-8-19)25-22(23-2)24-17-20-11-13-21(14-12-20)27-16-15-26-3;/h4-8,11-14,18H,9-10,15-17H2,1-3H3,(H2,23,24,25);1H. The summed E-state index contributed by atoms with van der Waals surface area (Å²) in [6, 6.07) is 19.0. The molecule has 5 nitrogen and oxygen atoms in total. The first-order chi connectivity index (χ1) is 13.2. The maximum Gasteiger partial charge on any atom is 0.191 e. The molecule has 0 aromatic heterocycles. The van der Waals surface area contributed by atoms with Gasteiger partial charge in [-0.15, -0.1) is 24.0 Å². The van der Waals surface area contributed by atoms with Crippen LogP contribution in [0.25, 0.3) is 0 Å². The van der Waals surface area contributed by atoms with Gasteiger partial charge in [-0.1, -0.05) is 42.5 Å². The lowest BCUT2D eigenvalue weighted by Gasteiger charge is -2.18. The Morgan fingerprint density at radius 3 is 2.36 bits per heavy atom. The predicted octanol–water partition coefficient (Wildman–Crippen LogP) is 4.02. The molecule has 0 radical (unpaired) electrons. The van der Waals surface area contributed by atoms with E-state index in [-0.39, 0.29) is 24.0 Å². The lowest BCUT2D eigenvalue weighted by molar-refractivity contribution is 0.146. The molecule has 2 rings (SSSR count). The molecule has 6 heteroatoms. The van der Waals surface area contributed by atoms with E-state index in [1.807, 2.05) is 12.1 Å². The van der Waals surface area contributed by atoms with Crippen LogP contribution < -0.4 is 15.4 Å². The van der Waals surface area contributed by atoms with Gasteiger partial charge in [0.1, 0.15) is 12.4 Å². The van der Waals surface area contributed by atoms with Crippen LogP contribution in [-0.2, 0) is 17.7 Å². The van der Waals surface area contributed by atoms with Crippen LogP contribution >= 0.6 is 24.0 Å². The summed E-state index contributed by atoms with van der Waals surface area (Å²) < 4.78 is 10.6. The molecule has 2 aromatic rings. The highest BCUT2D eigenvalue weighted by molar-refractivity contribution is 14.0. The summed E-state index contributed by atoms with van der Waals surface area (Å²) in [5.74, 6) is 1.67. The first kappa shape index (κ1) is 24.2. The molecule has 0 aliphatic carbocycles. The zero-order chi connectivity index (χ0) is 19.3. The zero-order valence-electron chi connectivity index (χ0n) is 17.0. The fourth-order valence-corrected chi connectivity index (χ4v) is 2.66. The fraction of sp³-hybridized carbons (Fsp3) is 0.409. The van der Waals surface area contributed by atoms with E-state index in [2.05, 4.69) is 65.0 Å². The molecule has 2 N–H and O–H groups in total. The second kappa shape index (κ2) is 14.2. The lowest BCUT2D eigenvalue weighted by atomic mass is 10.1. The fourth-order valence-electron chi connectivity index (χ4n) is 2.66. The van der Waals surface area contributed by atoms with E-state index in [4.69, 9.17) is 9.47 Å². The van der Waals surface area contributed by atoms with Gasteiger partial charge in [-0.3, -0.25) is 4.99 Å². The molecule has 1 atom stereocenters. The van der Waals surface area contributed by atoms with E-state index in [1.54, 1.807) is 14.2 Å². The van der Waals surface area contributed by atoms with Crippen molar-refractivity contribution in [1.82, 2.24) is 10.6 Å². The number of benzene rings is 2. The summed E-state index contributed by atoms with van der Waals surface area (Å²) in [6.07, 6.45) is 2.11. The van der Waals surface area contributed by atoms with E-state index in [0.717, 1.165) is 24.6 Å². The van der Waals surface area contributed by atoms with Gasteiger partial charge >= 0.3 is 0 Å². The quantitative estimate of drug-likeness (QED) is 0.226. The van der Waals surface area contributed by atoms with Crippen molar-refractivity contribution in [1.29, 1.82) is 0 Å². The minimum atomic E-state index is 0. The highest BCUT2D eigenvalue weighted by Gasteiger charge is 2.06. The lowest BCUT2D eigenvalue weighted by Crippen LogP contribution is -2.42. The number of guanidine groups is 1. The average molecular weight is 497 g/mol. The normalized spacial score (nSPS) is 12.0. The van der Waals surface area contributed by atoms with Crippen molar-refractivity contribution in [3.05, 3.63) is 65.7 Å². The monoisotopic (exact) mass is 497 g/mol. The van der Waals surface area contributed by atoms with Gasteiger partial charge in [-0.25, -0.2) is 0 Å². The second-order valence-corrected chi connectivity index (χ2v) is 6.48. The molecule has 0 heterocycles. The summed E-state index contributed by atoms with van der Waals surface area (Å²) in [6.45, 7) is 4.05. The highest BCUT2D eigenvalue weighted by Crippen LogP contribution is 2.12. The Morgan fingerprint density at radius 1 is 1.00 bits per heavy atom. The van der Waals surface area contributed by atoms with Gasteiger partial charge in [0.05, 0.1) is 6.61 Å². The first-order valence-electron chi connectivity index (χ1n) is 9.43. The van der Waals surface area contributed by atoms with Crippen LogP contribution in [0.15, 0.2) is 59.6 Å². The van der Waals surface area contributed by atoms with Crippen molar-refractivity contribution in [2.75, 3.05) is 27.4 Å². The molecule has 0 saturated carbocycles. The number of halogens is 1. The van der Waals surface area contributed by atoms with Crippen molar-refractivity contribution >= 4 is 29.9 Å². The van der Waals surface area contributed by atoms with Crippen LogP contribution in [-0.4, -0.2) is 39.4 Å². The van der Waals surface area contributed by atoms with Gasteiger partial charge in [0.2, 0.25) is 0 Å². The van der Waals surface area contributed by atoms with Gasteiger partial charge < -0.3 is 20.1 Å². The number of methoxy groups -OCH3 is 1. The van der Waals surface area contributed by atoms with Crippen molar-refractivity contribution in [2.24, 2.45) is 4.99 Å². The molecule has 0 saturated heterocycles. The van der Waals surface area contributed by atoms with Crippen LogP contribution in [0.2, 0.25) is 0 Å². The number of nitrogens with zero attached hydrogens (tertiary/aromatic N) is 1. The Labute approximate surface area is 186 Å². The van der Waals surface area contributed by atoms with Crippen LogP contribution in [0.1, 0.15) is 24.5 Å². The Morgan fingerprint density at radius 2 is 1.71 bits per heavy atom. The van der Waals surface area contributed by atoms with E-state index in [9.17, 15) is 0 Å². The highest BCUT2D eigenvalue weighted by atomic mass is 127. The third-order valence-corrected chi connectivity index (χ3v) is 4.26. The number of nitrogens with one attached hydrogen (secondary N) is 2. The molecule has 0 amide bonds. The minimum absolute atomic E-state index is 0. The molecule has 2 aromatic carbocycles. The maximum atomic E-state index is 5.58. The molecule has 0 spiro atoms. The van der Waals surface area contributed by atoms with Crippen molar-refractivity contribution in [3.63, 3.8) is 0 Å². The molecular formula is C22H32IN3O2. The first-order valence-corrected chi connectivity index (χ1v) is 9.43. The number of hydrogen-bond acceptors (Lipinski definition) is 3. The van der Waals surface area contributed by atoms with Crippen molar-refractivity contribution in [3.8, 4) is 5.75 Å². The average Bonchev–Trinajstić information content (AvgIpc) is 2.71. The largest absolute Gasteiger partial charge is 0.491 e. The summed E-state index contributed by atoms with van der Waals surface area (Å²) in [5, 5.41) is 6.82.